The topological polar surface area (TPSA) is 85.2 Å². The Bertz CT molecular complexity index is 1170. The van der Waals surface area contributed by atoms with Gasteiger partial charge in [0.2, 0.25) is 0 Å². The summed E-state index contributed by atoms with van der Waals surface area (Å²) in [6.45, 7) is 8.68. The molecule has 1 saturated heterocycles. The predicted molar refractivity (Wildman–Crippen MR) is 129 cm³/mol. The Morgan fingerprint density at radius 3 is 2.27 bits per heavy atom. The van der Waals surface area contributed by atoms with Crippen molar-refractivity contribution in [2.75, 3.05) is 36.4 Å². The molecule has 168 valence electrons. The molecular weight excluding hydrogens is 412 g/mol. The molecule has 1 aliphatic rings. The van der Waals surface area contributed by atoms with E-state index in [0.717, 1.165) is 29.3 Å². The molecule has 3 aromatic rings. The maximum absolute atomic E-state index is 12.7. The summed E-state index contributed by atoms with van der Waals surface area (Å²) in [6.07, 6.45) is 0.779. The summed E-state index contributed by atoms with van der Waals surface area (Å²) >= 11 is 0. The van der Waals surface area contributed by atoms with Crippen LogP contribution in [0.25, 0.3) is 0 Å². The summed E-state index contributed by atoms with van der Waals surface area (Å²) in [5.41, 5.74) is 5.87. The lowest BCUT2D eigenvalue weighted by molar-refractivity contribution is 0.208. The molecule has 33 heavy (non-hydrogen) atoms. The van der Waals surface area contributed by atoms with E-state index in [2.05, 4.69) is 52.5 Å². The number of aromatic nitrogens is 2. The number of nitrogens with one attached hydrogen (secondary N) is 1. The first kappa shape index (κ1) is 22.3. The van der Waals surface area contributed by atoms with Gasteiger partial charge in [0, 0.05) is 49.5 Å². The fourth-order valence-corrected chi connectivity index (χ4v) is 4.05. The van der Waals surface area contributed by atoms with Gasteiger partial charge in [-0.15, -0.1) is 0 Å². The van der Waals surface area contributed by atoms with Gasteiger partial charge in [0.05, 0.1) is 11.6 Å². The van der Waals surface area contributed by atoms with Crippen LogP contribution in [0.15, 0.2) is 48.5 Å². The predicted octanol–water partition coefficient (Wildman–Crippen LogP) is 4.22. The Labute approximate surface area is 194 Å². The number of piperazine rings is 1. The van der Waals surface area contributed by atoms with Gasteiger partial charge in [0.25, 0.3) is 0 Å². The van der Waals surface area contributed by atoms with Crippen LogP contribution in [-0.4, -0.2) is 47.1 Å². The number of anilines is 2. The van der Waals surface area contributed by atoms with Gasteiger partial charge in [-0.25, -0.2) is 14.8 Å². The summed E-state index contributed by atoms with van der Waals surface area (Å²) < 4.78 is 0. The van der Waals surface area contributed by atoms with Crippen LogP contribution < -0.4 is 10.2 Å². The van der Waals surface area contributed by atoms with E-state index >= 15 is 0 Å². The maximum atomic E-state index is 12.7. The first-order valence-electron chi connectivity index (χ1n) is 11.1. The number of nitriles is 1. The summed E-state index contributed by atoms with van der Waals surface area (Å²) in [4.78, 5) is 26.2. The van der Waals surface area contributed by atoms with Crippen molar-refractivity contribution in [2.45, 2.75) is 27.2 Å². The maximum Gasteiger partial charge on any atom is 0.321 e. The Hall–Kier alpha value is -3.92. The van der Waals surface area contributed by atoms with Crippen LogP contribution in [0.4, 0.5) is 16.3 Å². The molecule has 1 fully saturated rings. The van der Waals surface area contributed by atoms with E-state index in [-0.39, 0.29) is 6.03 Å². The third-order valence-electron chi connectivity index (χ3n) is 5.94. The zero-order valence-electron chi connectivity index (χ0n) is 19.3. The SMILES string of the molecule is Cc1ccc(Cc2c(C)nc(C)nc2N2CCN(C(=O)Nc3ccc(C#N)cc3)CC2)cc1. The van der Waals surface area contributed by atoms with Crippen LogP contribution in [0.3, 0.4) is 0 Å². The third-order valence-corrected chi connectivity index (χ3v) is 5.94. The highest BCUT2D eigenvalue weighted by Gasteiger charge is 2.25. The number of benzene rings is 2. The smallest absolute Gasteiger partial charge is 0.321 e. The van der Waals surface area contributed by atoms with Gasteiger partial charge in [-0.2, -0.15) is 5.26 Å². The number of hydrogen-bond acceptors (Lipinski definition) is 5. The van der Waals surface area contributed by atoms with E-state index in [9.17, 15) is 4.79 Å². The molecule has 7 nitrogen and oxygen atoms in total. The molecule has 1 aliphatic heterocycles. The molecular formula is C26H28N6O. The van der Waals surface area contributed by atoms with Gasteiger partial charge in [0.1, 0.15) is 11.6 Å². The first-order valence-corrected chi connectivity index (χ1v) is 11.1. The molecule has 0 bridgehead atoms. The number of urea groups is 1. The highest BCUT2D eigenvalue weighted by atomic mass is 16.2. The minimum absolute atomic E-state index is 0.130. The molecule has 7 heteroatoms. The number of carbonyl (C=O) groups excluding carboxylic acids is 1. The molecule has 0 radical (unpaired) electrons. The summed E-state index contributed by atoms with van der Waals surface area (Å²) in [7, 11) is 0. The van der Waals surface area contributed by atoms with Crippen LogP contribution in [0.2, 0.25) is 0 Å². The van der Waals surface area contributed by atoms with Crippen LogP contribution in [0, 0.1) is 32.1 Å². The second-order valence-corrected chi connectivity index (χ2v) is 8.41. The van der Waals surface area contributed by atoms with E-state index < -0.39 is 0 Å². The molecule has 2 aromatic carbocycles. The lowest BCUT2D eigenvalue weighted by Crippen LogP contribution is -2.50. The monoisotopic (exact) mass is 440 g/mol. The Morgan fingerprint density at radius 2 is 1.64 bits per heavy atom. The van der Waals surface area contributed by atoms with E-state index in [1.807, 2.05) is 18.7 Å². The van der Waals surface area contributed by atoms with Crippen LogP contribution in [-0.2, 0) is 6.42 Å². The fourth-order valence-electron chi connectivity index (χ4n) is 4.05. The van der Waals surface area contributed by atoms with E-state index in [1.54, 1.807) is 24.3 Å². The van der Waals surface area contributed by atoms with Gasteiger partial charge in [-0.05, 0) is 50.6 Å². The Kier molecular flexibility index (Phi) is 6.55. The average Bonchev–Trinajstić information content (AvgIpc) is 2.82. The molecule has 1 aromatic heterocycles. The number of nitrogens with zero attached hydrogens (tertiary/aromatic N) is 5. The molecule has 4 rings (SSSR count). The standard InChI is InChI=1S/C26H28N6O/c1-18-4-6-21(7-5-18)16-24-19(2)28-20(3)29-25(24)31-12-14-32(15-13-31)26(33)30-23-10-8-22(17-27)9-11-23/h4-11H,12-16H2,1-3H3,(H,30,33). The minimum Gasteiger partial charge on any atom is -0.353 e. The molecule has 0 unspecified atom stereocenters. The minimum atomic E-state index is -0.130. The summed E-state index contributed by atoms with van der Waals surface area (Å²) in [5.74, 6) is 1.73. The second kappa shape index (κ2) is 9.70. The van der Waals surface area contributed by atoms with Crippen LogP contribution in [0.5, 0.6) is 0 Å². The number of amides is 2. The molecule has 2 amide bonds. The highest BCUT2D eigenvalue weighted by molar-refractivity contribution is 5.89. The van der Waals surface area contributed by atoms with Crippen molar-refractivity contribution in [3.05, 3.63) is 82.3 Å². The molecule has 1 N–H and O–H groups in total. The van der Waals surface area contributed by atoms with E-state index in [0.29, 0.717) is 37.4 Å². The molecule has 0 atom stereocenters. The number of hydrogen-bond donors (Lipinski definition) is 1. The Balaban J connectivity index is 1.45. The zero-order valence-corrected chi connectivity index (χ0v) is 19.3. The van der Waals surface area contributed by atoms with Crippen molar-refractivity contribution in [1.29, 1.82) is 5.26 Å². The van der Waals surface area contributed by atoms with Gasteiger partial charge < -0.3 is 15.1 Å². The molecule has 0 saturated carbocycles. The first-order chi connectivity index (χ1) is 15.9. The van der Waals surface area contributed by atoms with Crippen LogP contribution in [0.1, 0.15) is 33.8 Å². The normalized spacial score (nSPS) is 13.5. The Morgan fingerprint density at radius 1 is 0.970 bits per heavy atom. The largest absolute Gasteiger partial charge is 0.353 e. The van der Waals surface area contributed by atoms with Crippen molar-refractivity contribution in [3.8, 4) is 6.07 Å². The molecule has 2 heterocycles. The van der Waals surface area contributed by atoms with E-state index in [1.165, 1.54) is 11.1 Å². The molecule has 0 spiro atoms. The van der Waals surface area contributed by atoms with Crippen molar-refractivity contribution in [2.24, 2.45) is 0 Å². The van der Waals surface area contributed by atoms with Crippen molar-refractivity contribution < 1.29 is 4.79 Å². The lowest BCUT2D eigenvalue weighted by atomic mass is 10.0. The molecule has 0 aliphatic carbocycles. The number of rotatable bonds is 4. The summed E-state index contributed by atoms with van der Waals surface area (Å²) in [6, 6.07) is 17.4. The van der Waals surface area contributed by atoms with Crippen molar-refractivity contribution in [1.82, 2.24) is 14.9 Å². The highest BCUT2D eigenvalue weighted by Crippen LogP contribution is 2.25. The van der Waals surface area contributed by atoms with Gasteiger partial charge in [-0.3, -0.25) is 0 Å². The lowest BCUT2D eigenvalue weighted by Gasteiger charge is -2.36. The second-order valence-electron chi connectivity index (χ2n) is 8.41. The van der Waals surface area contributed by atoms with Crippen molar-refractivity contribution >= 4 is 17.5 Å². The number of aryl methyl sites for hydroxylation is 3. The third kappa shape index (κ3) is 5.29. The van der Waals surface area contributed by atoms with E-state index in [4.69, 9.17) is 10.2 Å². The summed E-state index contributed by atoms with van der Waals surface area (Å²) in [5, 5.41) is 11.8. The fraction of sp³-hybridized carbons (Fsp3) is 0.308. The van der Waals surface area contributed by atoms with Crippen molar-refractivity contribution in [3.63, 3.8) is 0 Å². The van der Waals surface area contributed by atoms with Gasteiger partial charge in [-0.1, -0.05) is 29.8 Å². The number of carbonyl (C=O) groups is 1. The average molecular weight is 441 g/mol. The van der Waals surface area contributed by atoms with Gasteiger partial charge in [0.15, 0.2) is 0 Å². The van der Waals surface area contributed by atoms with Crippen LogP contribution >= 0.6 is 0 Å². The van der Waals surface area contributed by atoms with Gasteiger partial charge >= 0.3 is 6.03 Å². The zero-order chi connectivity index (χ0) is 23.4. The quantitative estimate of drug-likeness (QED) is 0.657.